The highest BCUT2D eigenvalue weighted by atomic mass is 16.1. The van der Waals surface area contributed by atoms with Crippen molar-refractivity contribution in [1.29, 1.82) is 0 Å². The number of hydrogen-bond acceptors (Lipinski definition) is 5. The number of rotatable bonds is 2. The van der Waals surface area contributed by atoms with Crippen LogP contribution in [0, 0.1) is 6.92 Å². The van der Waals surface area contributed by atoms with Crippen LogP contribution >= 0.6 is 0 Å². The molecule has 0 bridgehead atoms. The molecule has 0 fully saturated rings. The fourth-order valence-electron chi connectivity index (χ4n) is 2.97. The van der Waals surface area contributed by atoms with Crippen LogP contribution in [0.3, 0.4) is 0 Å². The summed E-state index contributed by atoms with van der Waals surface area (Å²) in [6, 6.07) is 9.80. The Morgan fingerprint density at radius 2 is 1.96 bits per heavy atom. The Kier molecular flexibility index (Phi) is 3.23. The summed E-state index contributed by atoms with van der Waals surface area (Å²) in [6.07, 6.45) is 3.49. The second-order valence-electron chi connectivity index (χ2n) is 5.64. The molecule has 118 valence electrons. The van der Waals surface area contributed by atoms with E-state index in [4.69, 9.17) is 0 Å². The first-order chi connectivity index (χ1) is 11.7. The van der Waals surface area contributed by atoms with Gasteiger partial charge in [-0.05, 0) is 41.8 Å². The zero-order chi connectivity index (χ0) is 16.7. The van der Waals surface area contributed by atoms with Crippen LogP contribution in [0.15, 0.2) is 47.5 Å². The van der Waals surface area contributed by atoms with Crippen molar-refractivity contribution in [2.75, 3.05) is 12.4 Å². The highest BCUT2D eigenvalue weighted by Crippen LogP contribution is 2.31. The Morgan fingerprint density at radius 1 is 1.08 bits per heavy atom. The smallest absolute Gasteiger partial charge is 0.272 e. The summed E-state index contributed by atoms with van der Waals surface area (Å²) in [5.74, 6) is 0.590. The number of hydrogen-bond donors (Lipinski definition) is 2. The molecule has 0 saturated carbocycles. The maximum atomic E-state index is 12.0. The molecular formula is C18H15N5O. The Bertz CT molecular complexity index is 1130. The maximum absolute atomic E-state index is 12.0. The first kappa shape index (κ1) is 14.3. The van der Waals surface area contributed by atoms with Gasteiger partial charge in [-0.2, -0.15) is 5.10 Å². The lowest BCUT2D eigenvalue weighted by Gasteiger charge is -2.11. The van der Waals surface area contributed by atoms with Crippen LogP contribution < -0.4 is 10.9 Å². The lowest BCUT2D eigenvalue weighted by atomic mass is 9.95. The number of nitrogens with one attached hydrogen (secondary N) is 2. The summed E-state index contributed by atoms with van der Waals surface area (Å²) in [6.45, 7) is 2.03. The van der Waals surface area contributed by atoms with Crippen molar-refractivity contribution in [3.05, 3.63) is 58.6 Å². The van der Waals surface area contributed by atoms with Gasteiger partial charge in [0.15, 0.2) is 0 Å². The monoisotopic (exact) mass is 317 g/mol. The molecule has 2 N–H and O–H groups in total. The predicted molar refractivity (Wildman–Crippen MR) is 95.2 cm³/mol. The van der Waals surface area contributed by atoms with Gasteiger partial charge in [0.25, 0.3) is 5.56 Å². The van der Waals surface area contributed by atoms with Gasteiger partial charge in [-0.25, -0.2) is 15.1 Å². The van der Waals surface area contributed by atoms with Crippen molar-refractivity contribution in [3.8, 4) is 11.1 Å². The SMILES string of the molecule is CNc1ncc2cc(-c3c(C)ccc4c(=O)[nH]ncc34)ccc2n1. The standard InChI is InChI=1S/C18H15N5O/c1-10-3-5-13-14(9-21-23-17(13)24)16(10)11-4-6-15-12(7-11)8-20-18(19-2)22-15/h3-9H,1-2H3,(H,23,24)(H,19,20,22). The average Bonchev–Trinajstić information content (AvgIpc) is 2.61. The van der Waals surface area contributed by atoms with E-state index in [0.29, 0.717) is 11.3 Å². The second-order valence-corrected chi connectivity index (χ2v) is 5.64. The van der Waals surface area contributed by atoms with E-state index in [0.717, 1.165) is 33.0 Å². The number of aromatic amines is 1. The fraction of sp³-hybridized carbons (Fsp3) is 0.111. The molecule has 2 aromatic carbocycles. The summed E-state index contributed by atoms with van der Waals surface area (Å²) in [5, 5.41) is 11.8. The second kappa shape index (κ2) is 5.42. The normalized spacial score (nSPS) is 11.1. The molecule has 0 aliphatic heterocycles. The third-order valence-corrected chi connectivity index (χ3v) is 4.15. The molecule has 0 aliphatic carbocycles. The van der Waals surface area contributed by atoms with Crippen molar-refractivity contribution in [2.45, 2.75) is 6.92 Å². The number of benzene rings is 2. The summed E-state index contributed by atoms with van der Waals surface area (Å²) >= 11 is 0. The van der Waals surface area contributed by atoms with Crippen LogP contribution in [-0.4, -0.2) is 27.2 Å². The summed E-state index contributed by atoms with van der Waals surface area (Å²) in [5.41, 5.74) is 3.79. The quantitative estimate of drug-likeness (QED) is 0.594. The minimum Gasteiger partial charge on any atom is -0.357 e. The summed E-state index contributed by atoms with van der Waals surface area (Å²) in [7, 11) is 1.79. The van der Waals surface area contributed by atoms with Crippen LogP contribution in [-0.2, 0) is 0 Å². The topological polar surface area (TPSA) is 83.6 Å². The van der Waals surface area contributed by atoms with Crippen LogP contribution in [0.2, 0.25) is 0 Å². The molecule has 6 nitrogen and oxygen atoms in total. The number of aryl methyl sites for hydroxylation is 1. The van der Waals surface area contributed by atoms with E-state index in [-0.39, 0.29) is 5.56 Å². The third-order valence-electron chi connectivity index (χ3n) is 4.15. The Balaban J connectivity index is 2.00. The third kappa shape index (κ3) is 2.20. The number of fused-ring (bicyclic) bond motifs is 2. The number of H-pyrrole nitrogens is 1. The zero-order valence-corrected chi connectivity index (χ0v) is 13.3. The van der Waals surface area contributed by atoms with E-state index >= 15 is 0 Å². The fourth-order valence-corrected chi connectivity index (χ4v) is 2.97. The van der Waals surface area contributed by atoms with E-state index in [9.17, 15) is 4.79 Å². The highest BCUT2D eigenvalue weighted by molar-refractivity contribution is 5.99. The Hall–Kier alpha value is -3.28. The Labute approximate surface area is 137 Å². The van der Waals surface area contributed by atoms with Gasteiger partial charge in [0.2, 0.25) is 5.95 Å². The molecule has 4 rings (SSSR count). The highest BCUT2D eigenvalue weighted by Gasteiger charge is 2.11. The average molecular weight is 317 g/mol. The molecule has 0 radical (unpaired) electrons. The minimum absolute atomic E-state index is 0.184. The molecule has 4 aromatic rings. The molecule has 0 atom stereocenters. The molecule has 0 unspecified atom stereocenters. The number of anilines is 1. The van der Waals surface area contributed by atoms with Gasteiger partial charge in [-0.3, -0.25) is 4.79 Å². The van der Waals surface area contributed by atoms with Crippen molar-refractivity contribution >= 4 is 27.6 Å². The van der Waals surface area contributed by atoms with Gasteiger partial charge in [0.1, 0.15) is 0 Å². The van der Waals surface area contributed by atoms with Crippen LogP contribution in [0.1, 0.15) is 5.56 Å². The van der Waals surface area contributed by atoms with Gasteiger partial charge in [0.05, 0.1) is 17.1 Å². The first-order valence-electron chi connectivity index (χ1n) is 7.59. The van der Waals surface area contributed by atoms with Crippen LogP contribution in [0.4, 0.5) is 5.95 Å². The zero-order valence-electron chi connectivity index (χ0n) is 13.3. The largest absolute Gasteiger partial charge is 0.357 e. The summed E-state index contributed by atoms with van der Waals surface area (Å²) in [4.78, 5) is 20.7. The molecule has 0 saturated heterocycles. The molecule has 24 heavy (non-hydrogen) atoms. The van der Waals surface area contributed by atoms with Crippen LogP contribution in [0.25, 0.3) is 32.8 Å². The number of nitrogens with zero attached hydrogens (tertiary/aromatic N) is 3. The van der Waals surface area contributed by atoms with Crippen molar-refractivity contribution in [2.24, 2.45) is 0 Å². The van der Waals surface area contributed by atoms with E-state index in [1.165, 1.54) is 0 Å². The molecule has 0 amide bonds. The molecule has 2 aromatic heterocycles. The van der Waals surface area contributed by atoms with E-state index in [1.807, 2.05) is 37.3 Å². The first-order valence-corrected chi connectivity index (χ1v) is 7.59. The lowest BCUT2D eigenvalue weighted by molar-refractivity contribution is 1.01. The minimum atomic E-state index is -0.184. The molecule has 2 heterocycles. The van der Waals surface area contributed by atoms with Crippen LogP contribution in [0.5, 0.6) is 0 Å². The summed E-state index contributed by atoms with van der Waals surface area (Å²) < 4.78 is 0. The van der Waals surface area contributed by atoms with Gasteiger partial charge in [0, 0.05) is 24.0 Å². The van der Waals surface area contributed by atoms with E-state index < -0.39 is 0 Å². The van der Waals surface area contributed by atoms with E-state index in [2.05, 4.69) is 25.5 Å². The van der Waals surface area contributed by atoms with E-state index in [1.54, 1.807) is 19.4 Å². The van der Waals surface area contributed by atoms with Crippen molar-refractivity contribution in [3.63, 3.8) is 0 Å². The van der Waals surface area contributed by atoms with Gasteiger partial charge >= 0.3 is 0 Å². The van der Waals surface area contributed by atoms with Gasteiger partial charge < -0.3 is 5.32 Å². The molecule has 0 spiro atoms. The maximum Gasteiger partial charge on any atom is 0.272 e. The number of aromatic nitrogens is 4. The van der Waals surface area contributed by atoms with Gasteiger partial charge in [-0.15, -0.1) is 0 Å². The lowest BCUT2D eigenvalue weighted by Crippen LogP contribution is -2.08. The Morgan fingerprint density at radius 3 is 2.79 bits per heavy atom. The van der Waals surface area contributed by atoms with Crippen molar-refractivity contribution in [1.82, 2.24) is 20.2 Å². The van der Waals surface area contributed by atoms with Crippen molar-refractivity contribution < 1.29 is 0 Å². The molecule has 6 heteroatoms. The predicted octanol–water partition coefficient (Wildman–Crippen LogP) is 2.88. The molecule has 0 aliphatic rings. The molecular weight excluding hydrogens is 302 g/mol. The van der Waals surface area contributed by atoms with Gasteiger partial charge in [-0.1, -0.05) is 12.1 Å².